The van der Waals surface area contributed by atoms with Crippen LogP contribution in [0.3, 0.4) is 0 Å². The van der Waals surface area contributed by atoms with Crippen molar-refractivity contribution in [2.75, 3.05) is 11.9 Å². The fraction of sp³-hybridized carbons (Fsp3) is 0.385. The molecule has 1 aromatic rings. The van der Waals surface area contributed by atoms with Gasteiger partial charge in [0.1, 0.15) is 23.6 Å². The first kappa shape index (κ1) is 12.4. The summed E-state index contributed by atoms with van der Waals surface area (Å²) in [4.78, 5) is 15.8. The van der Waals surface area contributed by atoms with Crippen LogP contribution >= 0.6 is 0 Å². The molecular formula is C13H16N2O3. The Labute approximate surface area is 106 Å². The number of fused-ring (bicyclic) bond motifs is 1. The monoisotopic (exact) mass is 248 g/mol. The second kappa shape index (κ2) is 4.68. The van der Waals surface area contributed by atoms with Crippen molar-refractivity contribution in [2.45, 2.75) is 26.4 Å². The summed E-state index contributed by atoms with van der Waals surface area (Å²) in [5.41, 5.74) is 0.819. The first-order valence-electron chi connectivity index (χ1n) is 5.73. The number of aliphatic imine (C=N–C) groups is 1. The van der Waals surface area contributed by atoms with Crippen LogP contribution < -0.4 is 10.1 Å². The van der Waals surface area contributed by atoms with Crippen LogP contribution in [0.2, 0.25) is 0 Å². The largest absolute Gasteiger partial charge is 0.486 e. The minimum absolute atomic E-state index is 0.478. The van der Waals surface area contributed by atoms with Crippen LogP contribution in [0.4, 0.5) is 16.2 Å². The Morgan fingerprint density at radius 1 is 1.44 bits per heavy atom. The van der Waals surface area contributed by atoms with Crippen LogP contribution in [0.25, 0.3) is 0 Å². The SMILES string of the molecule is CC(C)(C)OC(=O)Nc1ccc2c(c1)N=CCO2. The van der Waals surface area contributed by atoms with E-state index in [2.05, 4.69) is 10.3 Å². The maximum absolute atomic E-state index is 11.6. The van der Waals surface area contributed by atoms with Crippen molar-refractivity contribution in [1.82, 2.24) is 0 Å². The molecule has 18 heavy (non-hydrogen) atoms. The van der Waals surface area contributed by atoms with Crippen molar-refractivity contribution in [3.8, 4) is 5.75 Å². The molecule has 5 nitrogen and oxygen atoms in total. The number of rotatable bonds is 1. The summed E-state index contributed by atoms with van der Waals surface area (Å²) in [6.07, 6.45) is 1.20. The van der Waals surface area contributed by atoms with Crippen LogP contribution in [0, 0.1) is 0 Å². The average molecular weight is 248 g/mol. The summed E-state index contributed by atoms with van der Waals surface area (Å²) < 4.78 is 10.5. The summed E-state index contributed by atoms with van der Waals surface area (Å²) in [6.45, 7) is 5.93. The number of ether oxygens (including phenoxy) is 2. The van der Waals surface area contributed by atoms with Crippen molar-refractivity contribution < 1.29 is 14.3 Å². The summed E-state index contributed by atoms with van der Waals surface area (Å²) in [5.74, 6) is 0.715. The molecule has 0 spiro atoms. The molecule has 0 saturated carbocycles. The lowest BCUT2D eigenvalue weighted by Crippen LogP contribution is -2.27. The summed E-state index contributed by atoms with van der Waals surface area (Å²) in [7, 11) is 0. The second-order valence-electron chi connectivity index (χ2n) is 4.93. The third-order valence-electron chi connectivity index (χ3n) is 2.15. The van der Waals surface area contributed by atoms with Gasteiger partial charge in [-0.15, -0.1) is 0 Å². The van der Waals surface area contributed by atoms with Gasteiger partial charge in [-0.1, -0.05) is 0 Å². The summed E-state index contributed by atoms with van der Waals surface area (Å²) in [6, 6.07) is 5.27. The smallest absolute Gasteiger partial charge is 0.412 e. The number of carbonyl (C=O) groups excluding carboxylic acids is 1. The van der Waals surface area contributed by atoms with E-state index >= 15 is 0 Å². The molecule has 0 saturated heterocycles. The molecule has 5 heteroatoms. The number of hydrogen-bond donors (Lipinski definition) is 1. The van der Waals surface area contributed by atoms with E-state index in [0.29, 0.717) is 23.7 Å². The van der Waals surface area contributed by atoms with Gasteiger partial charge >= 0.3 is 6.09 Å². The molecule has 1 aromatic carbocycles. The Morgan fingerprint density at radius 2 is 2.22 bits per heavy atom. The van der Waals surface area contributed by atoms with Crippen LogP contribution in [0.5, 0.6) is 5.75 Å². The minimum Gasteiger partial charge on any atom is -0.486 e. The number of carbonyl (C=O) groups is 1. The quantitative estimate of drug-likeness (QED) is 0.830. The molecule has 0 aromatic heterocycles. The molecule has 1 heterocycles. The van der Waals surface area contributed by atoms with E-state index in [9.17, 15) is 4.79 Å². The molecule has 0 bridgehead atoms. The van der Waals surface area contributed by atoms with Gasteiger partial charge in [-0.05, 0) is 39.0 Å². The van der Waals surface area contributed by atoms with Crippen molar-refractivity contribution in [1.29, 1.82) is 0 Å². The Morgan fingerprint density at radius 3 is 2.94 bits per heavy atom. The number of benzene rings is 1. The lowest BCUT2D eigenvalue weighted by atomic mass is 10.2. The number of anilines is 1. The Kier molecular flexibility index (Phi) is 3.23. The van der Waals surface area contributed by atoms with Gasteiger partial charge in [0.15, 0.2) is 0 Å². The van der Waals surface area contributed by atoms with Crippen molar-refractivity contribution in [3.05, 3.63) is 18.2 Å². The van der Waals surface area contributed by atoms with Crippen molar-refractivity contribution in [2.24, 2.45) is 4.99 Å². The third-order valence-corrected chi connectivity index (χ3v) is 2.15. The first-order chi connectivity index (χ1) is 8.44. The Balaban J connectivity index is 2.07. The Hall–Kier alpha value is -2.04. The zero-order valence-corrected chi connectivity index (χ0v) is 10.7. The fourth-order valence-electron chi connectivity index (χ4n) is 1.50. The molecule has 0 radical (unpaired) electrons. The van der Waals surface area contributed by atoms with E-state index in [-0.39, 0.29) is 0 Å². The number of nitrogens with one attached hydrogen (secondary N) is 1. The van der Waals surface area contributed by atoms with Gasteiger partial charge in [-0.25, -0.2) is 4.79 Å². The van der Waals surface area contributed by atoms with Gasteiger partial charge in [0.2, 0.25) is 0 Å². The molecule has 1 N–H and O–H groups in total. The molecule has 2 rings (SSSR count). The van der Waals surface area contributed by atoms with Gasteiger partial charge in [-0.2, -0.15) is 0 Å². The van der Waals surface area contributed by atoms with E-state index in [1.807, 2.05) is 20.8 Å². The van der Waals surface area contributed by atoms with Gasteiger partial charge < -0.3 is 9.47 Å². The zero-order chi connectivity index (χ0) is 13.2. The van der Waals surface area contributed by atoms with E-state index in [1.54, 1.807) is 24.4 Å². The van der Waals surface area contributed by atoms with Crippen LogP contribution in [0.1, 0.15) is 20.8 Å². The topological polar surface area (TPSA) is 59.9 Å². The van der Waals surface area contributed by atoms with Gasteiger partial charge in [-0.3, -0.25) is 10.3 Å². The molecule has 1 aliphatic heterocycles. The van der Waals surface area contributed by atoms with Gasteiger partial charge in [0.05, 0.1) is 0 Å². The molecule has 0 atom stereocenters. The summed E-state index contributed by atoms with van der Waals surface area (Å²) >= 11 is 0. The van der Waals surface area contributed by atoms with E-state index in [0.717, 1.165) is 0 Å². The lowest BCUT2D eigenvalue weighted by molar-refractivity contribution is 0.0636. The molecule has 0 fully saturated rings. The molecule has 1 amide bonds. The number of amides is 1. The molecular weight excluding hydrogens is 232 g/mol. The lowest BCUT2D eigenvalue weighted by Gasteiger charge is -2.20. The van der Waals surface area contributed by atoms with Crippen LogP contribution in [-0.2, 0) is 4.74 Å². The van der Waals surface area contributed by atoms with Gasteiger partial charge in [0, 0.05) is 11.9 Å². The second-order valence-corrected chi connectivity index (χ2v) is 4.93. The normalized spacial score (nSPS) is 13.5. The standard InChI is InChI=1S/C13H16N2O3/c1-13(2,3)18-12(16)15-9-4-5-11-10(8-9)14-6-7-17-11/h4-6,8H,7H2,1-3H3,(H,15,16). The zero-order valence-electron chi connectivity index (χ0n) is 10.7. The van der Waals surface area contributed by atoms with Crippen LogP contribution in [0.15, 0.2) is 23.2 Å². The predicted molar refractivity (Wildman–Crippen MR) is 69.9 cm³/mol. The molecule has 0 unspecified atom stereocenters. The minimum atomic E-state index is -0.514. The number of nitrogens with zero attached hydrogens (tertiary/aromatic N) is 1. The van der Waals surface area contributed by atoms with Crippen molar-refractivity contribution >= 4 is 23.7 Å². The molecule has 96 valence electrons. The number of hydrogen-bond acceptors (Lipinski definition) is 4. The predicted octanol–water partition coefficient (Wildman–Crippen LogP) is 3.13. The third kappa shape index (κ3) is 3.23. The van der Waals surface area contributed by atoms with E-state index < -0.39 is 11.7 Å². The Bertz CT molecular complexity index is 489. The highest BCUT2D eigenvalue weighted by molar-refractivity contribution is 5.86. The van der Waals surface area contributed by atoms with Gasteiger partial charge in [0.25, 0.3) is 0 Å². The fourth-order valence-corrected chi connectivity index (χ4v) is 1.50. The maximum atomic E-state index is 11.6. The first-order valence-corrected chi connectivity index (χ1v) is 5.73. The van der Waals surface area contributed by atoms with E-state index in [4.69, 9.17) is 9.47 Å². The average Bonchev–Trinajstić information content (AvgIpc) is 2.26. The van der Waals surface area contributed by atoms with Crippen LogP contribution in [-0.4, -0.2) is 24.5 Å². The highest BCUT2D eigenvalue weighted by Gasteiger charge is 2.16. The molecule has 0 aliphatic carbocycles. The highest BCUT2D eigenvalue weighted by atomic mass is 16.6. The van der Waals surface area contributed by atoms with Crippen molar-refractivity contribution in [3.63, 3.8) is 0 Å². The molecule has 1 aliphatic rings. The van der Waals surface area contributed by atoms with E-state index in [1.165, 1.54) is 0 Å². The maximum Gasteiger partial charge on any atom is 0.412 e. The highest BCUT2D eigenvalue weighted by Crippen LogP contribution is 2.32. The summed E-state index contributed by atoms with van der Waals surface area (Å²) in [5, 5.41) is 2.66.